The molecule has 0 aliphatic carbocycles. The largest absolute Gasteiger partial charge is 0.373 e. The van der Waals surface area contributed by atoms with Crippen molar-refractivity contribution >= 4 is 16.8 Å². The Bertz CT molecular complexity index is 864. The van der Waals surface area contributed by atoms with Crippen LogP contribution in [0.5, 0.6) is 0 Å². The Hall–Kier alpha value is -1.98. The molecule has 2 atom stereocenters. The van der Waals surface area contributed by atoms with E-state index in [1.807, 2.05) is 41.3 Å². The van der Waals surface area contributed by atoms with E-state index in [2.05, 4.69) is 9.88 Å². The summed E-state index contributed by atoms with van der Waals surface area (Å²) < 4.78 is 6.35. The molecule has 28 heavy (non-hydrogen) atoms. The van der Waals surface area contributed by atoms with E-state index in [1.54, 1.807) is 0 Å². The fourth-order valence-electron chi connectivity index (χ4n) is 5.29. The van der Waals surface area contributed by atoms with Crippen molar-refractivity contribution in [2.75, 3.05) is 39.3 Å². The first-order chi connectivity index (χ1) is 13.7. The molecule has 2 aromatic rings. The van der Waals surface area contributed by atoms with Gasteiger partial charge in [0.25, 0.3) is 5.91 Å². The molecule has 5 rings (SSSR count). The lowest BCUT2D eigenvalue weighted by Crippen LogP contribution is -2.50. The van der Waals surface area contributed by atoms with Crippen LogP contribution >= 0.6 is 0 Å². The van der Waals surface area contributed by atoms with E-state index in [0.717, 1.165) is 49.9 Å². The zero-order valence-corrected chi connectivity index (χ0v) is 16.5. The van der Waals surface area contributed by atoms with Crippen LogP contribution in [0.2, 0.25) is 0 Å². The summed E-state index contributed by atoms with van der Waals surface area (Å²) in [6.07, 6.45) is 5.83. The molecule has 1 aromatic heterocycles. The summed E-state index contributed by atoms with van der Waals surface area (Å²) in [7, 11) is 0. The molecule has 148 valence electrons. The predicted molar refractivity (Wildman–Crippen MR) is 109 cm³/mol. The van der Waals surface area contributed by atoms with Crippen molar-refractivity contribution < 1.29 is 9.53 Å². The fraction of sp³-hybridized carbons (Fsp3) is 0.565. The van der Waals surface area contributed by atoms with Crippen molar-refractivity contribution in [2.24, 2.45) is 5.92 Å². The number of fused-ring (bicyclic) bond motifs is 1. The van der Waals surface area contributed by atoms with Crippen molar-refractivity contribution in [3.05, 3.63) is 42.1 Å². The summed E-state index contributed by atoms with van der Waals surface area (Å²) >= 11 is 0. The average Bonchev–Trinajstić information content (AvgIpc) is 3.38. The number of benzene rings is 1. The highest BCUT2D eigenvalue weighted by molar-refractivity contribution is 5.95. The molecule has 3 fully saturated rings. The van der Waals surface area contributed by atoms with Gasteiger partial charge >= 0.3 is 0 Å². The lowest BCUT2D eigenvalue weighted by molar-refractivity contribution is -0.0451. The Balaban J connectivity index is 1.27. The van der Waals surface area contributed by atoms with E-state index >= 15 is 0 Å². The topological polar surface area (TPSA) is 45.7 Å². The summed E-state index contributed by atoms with van der Waals surface area (Å²) in [5.41, 5.74) is 1.28. The maximum Gasteiger partial charge on any atom is 0.272 e. The number of carbonyl (C=O) groups excluding carboxylic acids is 1. The normalized spacial score (nSPS) is 28.4. The number of aromatic nitrogens is 1. The van der Waals surface area contributed by atoms with Crippen LogP contribution in [-0.4, -0.2) is 65.6 Å². The van der Waals surface area contributed by atoms with Crippen LogP contribution in [0.25, 0.3) is 10.9 Å². The molecule has 3 aliphatic rings. The number of hydrogen-bond acceptors (Lipinski definition) is 4. The van der Waals surface area contributed by atoms with Gasteiger partial charge in [-0.25, -0.2) is 4.98 Å². The molecule has 0 unspecified atom stereocenters. The number of likely N-dealkylation sites (tertiary alicyclic amines) is 2. The summed E-state index contributed by atoms with van der Waals surface area (Å²) in [4.78, 5) is 22.3. The maximum absolute atomic E-state index is 13.1. The third-order valence-electron chi connectivity index (χ3n) is 6.65. The van der Waals surface area contributed by atoms with Crippen molar-refractivity contribution in [1.29, 1.82) is 0 Å². The van der Waals surface area contributed by atoms with Crippen LogP contribution in [-0.2, 0) is 4.74 Å². The van der Waals surface area contributed by atoms with E-state index < -0.39 is 0 Å². The van der Waals surface area contributed by atoms with E-state index in [-0.39, 0.29) is 11.5 Å². The molecular weight excluding hydrogens is 350 g/mol. The second kappa shape index (κ2) is 7.45. The molecule has 3 saturated heterocycles. The fourth-order valence-corrected chi connectivity index (χ4v) is 5.29. The first kappa shape index (κ1) is 18.1. The first-order valence-electron chi connectivity index (χ1n) is 10.7. The Morgan fingerprint density at radius 3 is 2.86 bits per heavy atom. The molecule has 1 amide bonds. The molecule has 1 aromatic carbocycles. The molecule has 0 saturated carbocycles. The highest BCUT2D eigenvalue weighted by Crippen LogP contribution is 2.38. The minimum atomic E-state index is -0.144. The summed E-state index contributed by atoms with van der Waals surface area (Å²) in [5.74, 6) is 0.642. The molecule has 1 spiro atoms. The van der Waals surface area contributed by atoms with Gasteiger partial charge in [-0.1, -0.05) is 24.3 Å². The smallest absolute Gasteiger partial charge is 0.272 e. The summed E-state index contributed by atoms with van der Waals surface area (Å²) in [6.45, 7) is 5.98. The minimum Gasteiger partial charge on any atom is -0.373 e. The van der Waals surface area contributed by atoms with Crippen LogP contribution in [0, 0.1) is 5.92 Å². The number of piperidine rings is 1. The number of ether oxygens (including phenoxy) is 1. The number of rotatable bonds is 3. The lowest BCUT2D eigenvalue weighted by Gasteiger charge is -2.39. The van der Waals surface area contributed by atoms with Crippen molar-refractivity contribution in [3.63, 3.8) is 0 Å². The van der Waals surface area contributed by atoms with Crippen molar-refractivity contribution in [1.82, 2.24) is 14.8 Å². The van der Waals surface area contributed by atoms with E-state index in [4.69, 9.17) is 4.74 Å². The second-order valence-corrected chi connectivity index (χ2v) is 8.79. The molecule has 5 nitrogen and oxygen atoms in total. The van der Waals surface area contributed by atoms with Gasteiger partial charge in [0.05, 0.1) is 24.3 Å². The van der Waals surface area contributed by atoms with E-state index in [9.17, 15) is 4.79 Å². The number of pyridine rings is 1. The van der Waals surface area contributed by atoms with Crippen LogP contribution < -0.4 is 0 Å². The van der Waals surface area contributed by atoms with E-state index in [0.29, 0.717) is 18.2 Å². The van der Waals surface area contributed by atoms with Gasteiger partial charge in [0.1, 0.15) is 5.69 Å². The molecule has 5 heteroatoms. The third kappa shape index (κ3) is 3.53. The number of hydrogen-bond donors (Lipinski definition) is 0. The van der Waals surface area contributed by atoms with Gasteiger partial charge in [-0.3, -0.25) is 4.79 Å². The lowest BCUT2D eigenvalue weighted by atomic mass is 9.86. The van der Waals surface area contributed by atoms with Gasteiger partial charge in [0, 0.05) is 18.5 Å². The minimum absolute atomic E-state index is 0.0384. The summed E-state index contributed by atoms with van der Waals surface area (Å²) in [5, 5.41) is 1.07. The zero-order chi connectivity index (χ0) is 19.0. The van der Waals surface area contributed by atoms with Crippen LogP contribution in [0.4, 0.5) is 0 Å². The first-order valence-corrected chi connectivity index (χ1v) is 10.7. The van der Waals surface area contributed by atoms with E-state index in [1.165, 1.54) is 25.9 Å². The number of carbonyl (C=O) groups is 1. The molecular formula is C23H29N3O2. The van der Waals surface area contributed by atoms with Crippen LogP contribution in [0.3, 0.4) is 0 Å². The Kier molecular flexibility index (Phi) is 4.81. The number of amides is 1. The van der Waals surface area contributed by atoms with Crippen molar-refractivity contribution in [2.45, 2.75) is 37.7 Å². The van der Waals surface area contributed by atoms with Gasteiger partial charge in [-0.2, -0.15) is 0 Å². The highest BCUT2D eigenvalue weighted by atomic mass is 16.5. The average molecular weight is 380 g/mol. The third-order valence-corrected chi connectivity index (χ3v) is 6.65. The molecule has 0 N–H and O–H groups in total. The standard InChI is InChI=1S/C23H29N3O2/c27-22(21-9-8-19-6-1-2-7-20(19)24-21)26-13-5-10-23(17-26)14-18(16-28-23)15-25-11-3-4-12-25/h1-2,6-9,18H,3-5,10-17H2/t18-,23+/m1/s1. The Morgan fingerprint density at radius 1 is 1.11 bits per heavy atom. The number of nitrogens with zero attached hydrogens (tertiary/aromatic N) is 3. The second-order valence-electron chi connectivity index (χ2n) is 8.79. The van der Waals surface area contributed by atoms with Crippen molar-refractivity contribution in [3.8, 4) is 0 Å². The van der Waals surface area contributed by atoms with Gasteiger partial charge in [-0.05, 0) is 63.2 Å². The quantitative estimate of drug-likeness (QED) is 0.821. The zero-order valence-electron chi connectivity index (χ0n) is 16.5. The molecule has 0 bridgehead atoms. The molecule has 3 aliphatic heterocycles. The predicted octanol–water partition coefficient (Wildman–Crippen LogP) is 3.34. The molecule has 4 heterocycles. The summed E-state index contributed by atoms with van der Waals surface area (Å²) in [6, 6.07) is 11.8. The van der Waals surface area contributed by atoms with Crippen LogP contribution in [0.15, 0.2) is 36.4 Å². The van der Waals surface area contributed by atoms with Gasteiger partial charge in [-0.15, -0.1) is 0 Å². The molecule has 0 radical (unpaired) electrons. The van der Waals surface area contributed by atoms with Gasteiger partial charge in [0.2, 0.25) is 0 Å². The maximum atomic E-state index is 13.1. The monoisotopic (exact) mass is 379 g/mol. The van der Waals surface area contributed by atoms with Gasteiger partial charge in [0.15, 0.2) is 0 Å². The SMILES string of the molecule is O=C(c1ccc2ccccc2n1)N1CCC[C@]2(C[C@H](CN3CCCC3)CO2)C1. The highest BCUT2D eigenvalue weighted by Gasteiger charge is 2.45. The number of para-hydroxylation sites is 1. The van der Waals surface area contributed by atoms with Gasteiger partial charge < -0.3 is 14.5 Å². The Morgan fingerprint density at radius 2 is 1.96 bits per heavy atom. The Labute approximate surface area is 166 Å². The van der Waals surface area contributed by atoms with Crippen LogP contribution in [0.1, 0.15) is 42.6 Å².